The summed E-state index contributed by atoms with van der Waals surface area (Å²) in [5.74, 6) is 0.840. The van der Waals surface area contributed by atoms with Gasteiger partial charge in [0.25, 0.3) is 5.91 Å². The maximum Gasteiger partial charge on any atom is 0.262 e. The van der Waals surface area contributed by atoms with Crippen LogP contribution in [0.4, 0.5) is 5.69 Å². The first-order chi connectivity index (χ1) is 18.0. The third-order valence-electron chi connectivity index (χ3n) is 7.14. The van der Waals surface area contributed by atoms with E-state index in [1.165, 1.54) is 10.5 Å². The maximum atomic E-state index is 13.7. The van der Waals surface area contributed by atoms with E-state index in [-0.39, 0.29) is 12.5 Å². The van der Waals surface area contributed by atoms with Crippen molar-refractivity contribution in [3.8, 4) is 11.5 Å². The number of rotatable bonds is 9. The molecule has 0 spiro atoms. The molecule has 0 saturated carbocycles. The van der Waals surface area contributed by atoms with E-state index in [4.69, 9.17) is 9.47 Å². The van der Waals surface area contributed by atoms with Gasteiger partial charge in [0, 0.05) is 37.9 Å². The van der Waals surface area contributed by atoms with Gasteiger partial charge in [-0.3, -0.25) is 19.4 Å². The Hall–Kier alpha value is -3.84. The highest BCUT2D eigenvalue weighted by atomic mass is 16.5. The van der Waals surface area contributed by atoms with Crippen LogP contribution in [0.5, 0.6) is 11.5 Å². The van der Waals surface area contributed by atoms with Gasteiger partial charge in [-0.15, -0.1) is 0 Å². The fourth-order valence-electron chi connectivity index (χ4n) is 4.96. The number of benzene rings is 3. The summed E-state index contributed by atoms with van der Waals surface area (Å²) in [6.45, 7) is 7.68. The van der Waals surface area contributed by atoms with Crippen LogP contribution >= 0.6 is 0 Å². The number of methoxy groups -OCH3 is 2. The van der Waals surface area contributed by atoms with Gasteiger partial charge in [0.05, 0.1) is 26.3 Å². The number of piperazine rings is 1. The standard InChI is InChI=1S/C30H35N3O4/c1-22-9-8-12-26(32-17-15-31(16-18-32)23(2)25-10-6-5-7-11-25)29(22)30(35)33(21-34)20-24-13-14-27(36-3)28(19-24)37-4/h5-14,19,21,23H,15-18,20H2,1-4H3. The Kier molecular flexibility index (Phi) is 8.46. The molecule has 1 unspecified atom stereocenters. The molecule has 0 N–H and O–H groups in total. The average Bonchev–Trinajstić information content (AvgIpc) is 2.95. The van der Waals surface area contributed by atoms with Gasteiger partial charge < -0.3 is 14.4 Å². The number of aryl methyl sites for hydroxylation is 1. The van der Waals surface area contributed by atoms with Crippen molar-refractivity contribution in [2.24, 2.45) is 0 Å². The van der Waals surface area contributed by atoms with Gasteiger partial charge in [0.1, 0.15) is 0 Å². The van der Waals surface area contributed by atoms with Crippen LogP contribution in [0.1, 0.15) is 40.0 Å². The quantitative estimate of drug-likeness (QED) is 0.397. The van der Waals surface area contributed by atoms with Gasteiger partial charge in [0.15, 0.2) is 11.5 Å². The van der Waals surface area contributed by atoms with Gasteiger partial charge in [-0.1, -0.05) is 48.5 Å². The molecule has 1 heterocycles. The number of ether oxygens (including phenoxy) is 2. The van der Waals surface area contributed by atoms with Crippen molar-refractivity contribution in [2.45, 2.75) is 26.4 Å². The minimum atomic E-state index is -0.307. The van der Waals surface area contributed by atoms with Gasteiger partial charge in [0.2, 0.25) is 6.41 Å². The van der Waals surface area contributed by atoms with Gasteiger partial charge >= 0.3 is 0 Å². The van der Waals surface area contributed by atoms with Crippen molar-refractivity contribution < 1.29 is 19.1 Å². The summed E-state index contributed by atoms with van der Waals surface area (Å²) in [5.41, 5.74) is 4.37. The molecule has 1 fully saturated rings. The second-order valence-electron chi connectivity index (χ2n) is 9.31. The fourth-order valence-corrected chi connectivity index (χ4v) is 4.96. The number of nitrogens with zero attached hydrogens (tertiary/aromatic N) is 3. The summed E-state index contributed by atoms with van der Waals surface area (Å²) in [5, 5.41) is 0. The molecule has 4 rings (SSSR count). The van der Waals surface area contributed by atoms with Gasteiger partial charge in [-0.05, 0) is 48.7 Å². The second kappa shape index (κ2) is 11.9. The van der Waals surface area contributed by atoms with Crippen LogP contribution in [0.15, 0.2) is 66.7 Å². The van der Waals surface area contributed by atoms with Crippen molar-refractivity contribution in [1.29, 1.82) is 0 Å². The Balaban J connectivity index is 1.52. The first-order valence-corrected chi connectivity index (χ1v) is 12.6. The van der Waals surface area contributed by atoms with Gasteiger partial charge in [-0.25, -0.2) is 0 Å². The monoisotopic (exact) mass is 501 g/mol. The predicted octanol–water partition coefficient (Wildman–Crippen LogP) is 4.69. The zero-order valence-electron chi connectivity index (χ0n) is 22.0. The summed E-state index contributed by atoms with van der Waals surface area (Å²) >= 11 is 0. The lowest BCUT2D eigenvalue weighted by atomic mass is 10.0. The van der Waals surface area contributed by atoms with Crippen LogP contribution in [0.3, 0.4) is 0 Å². The molecule has 1 saturated heterocycles. The molecule has 37 heavy (non-hydrogen) atoms. The lowest BCUT2D eigenvalue weighted by Gasteiger charge is -2.40. The van der Waals surface area contributed by atoms with Gasteiger partial charge in [-0.2, -0.15) is 0 Å². The molecule has 0 aromatic heterocycles. The molecule has 1 aliphatic heterocycles. The highest BCUT2D eigenvalue weighted by Gasteiger charge is 2.27. The van der Waals surface area contributed by atoms with E-state index in [1.807, 2.05) is 37.3 Å². The Morgan fingerprint density at radius 1 is 0.946 bits per heavy atom. The molecule has 194 valence electrons. The molecule has 7 heteroatoms. The number of amides is 2. The molecule has 0 bridgehead atoms. The van der Waals surface area contributed by atoms with E-state index in [0.717, 1.165) is 43.0 Å². The van der Waals surface area contributed by atoms with E-state index < -0.39 is 0 Å². The summed E-state index contributed by atoms with van der Waals surface area (Å²) in [4.78, 5) is 31.7. The van der Waals surface area contributed by atoms with E-state index in [2.05, 4.69) is 41.0 Å². The molecular formula is C30H35N3O4. The van der Waals surface area contributed by atoms with Crippen molar-refractivity contribution in [3.63, 3.8) is 0 Å². The topological polar surface area (TPSA) is 62.3 Å². The molecule has 3 aromatic carbocycles. The van der Waals surface area contributed by atoms with Crippen molar-refractivity contribution in [3.05, 3.63) is 89.0 Å². The Morgan fingerprint density at radius 3 is 2.30 bits per heavy atom. The predicted molar refractivity (Wildman–Crippen MR) is 145 cm³/mol. The first kappa shape index (κ1) is 26.2. The average molecular weight is 502 g/mol. The number of hydrogen-bond donors (Lipinski definition) is 0. The van der Waals surface area contributed by atoms with E-state index >= 15 is 0 Å². The zero-order chi connectivity index (χ0) is 26.4. The van der Waals surface area contributed by atoms with E-state index in [0.29, 0.717) is 29.5 Å². The van der Waals surface area contributed by atoms with Crippen LogP contribution in [0.25, 0.3) is 0 Å². The zero-order valence-corrected chi connectivity index (χ0v) is 22.0. The third-order valence-corrected chi connectivity index (χ3v) is 7.14. The number of carbonyl (C=O) groups excluding carboxylic acids is 2. The second-order valence-corrected chi connectivity index (χ2v) is 9.31. The lowest BCUT2D eigenvalue weighted by Crippen LogP contribution is -2.47. The van der Waals surface area contributed by atoms with Crippen LogP contribution in [-0.4, -0.2) is 62.5 Å². The largest absolute Gasteiger partial charge is 0.493 e. The minimum Gasteiger partial charge on any atom is -0.493 e. The first-order valence-electron chi connectivity index (χ1n) is 12.6. The van der Waals surface area contributed by atoms with Crippen molar-refractivity contribution in [2.75, 3.05) is 45.3 Å². The summed E-state index contributed by atoms with van der Waals surface area (Å²) in [6, 6.07) is 22.1. The smallest absolute Gasteiger partial charge is 0.262 e. The van der Waals surface area contributed by atoms with E-state index in [9.17, 15) is 9.59 Å². The Labute approximate surface area is 219 Å². The fraction of sp³-hybridized carbons (Fsp3) is 0.333. The molecular weight excluding hydrogens is 466 g/mol. The molecule has 1 aliphatic rings. The van der Waals surface area contributed by atoms with Crippen LogP contribution in [-0.2, 0) is 11.3 Å². The maximum absolute atomic E-state index is 13.7. The molecule has 3 aromatic rings. The molecule has 7 nitrogen and oxygen atoms in total. The van der Waals surface area contributed by atoms with Crippen LogP contribution in [0.2, 0.25) is 0 Å². The number of hydrogen-bond acceptors (Lipinski definition) is 6. The summed E-state index contributed by atoms with van der Waals surface area (Å²) in [6.07, 6.45) is 0.606. The number of anilines is 1. The SMILES string of the molecule is COc1ccc(CN(C=O)C(=O)c2c(C)cccc2N2CCN(C(C)c3ccccc3)CC2)cc1OC. The normalized spacial score (nSPS) is 14.6. The summed E-state index contributed by atoms with van der Waals surface area (Å²) < 4.78 is 10.7. The Bertz CT molecular complexity index is 1220. The minimum absolute atomic E-state index is 0.138. The van der Waals surface area contributed by atoms with E-state index in [1.54, 1.807) is 26.4 Å². The van der Waals surface area contributed by atoms with Crippen LogP contribution < -0.4 is 14.4 Å². The molecule has 1 atom stereocenters. The van der Waals surface area contributed by atoms with Crippen molar-refractivity contribution in [1.82, 2.24) is 9.80 Å². The highest BCUT2D eigenvalue weighted by Crippen LogP contribution is 2.31. The summed E-state index contributed by atoms with van der Waals surface area (Å²) in [7, 11) is 3.13. The Morgan fingerprint density at radius 2 is 1.65 bits per heavy atom. The molecule has 0 aliphatic carbocycles. The lowest BCUT2D eigenvalue weighted by molar-refractivity contribution is -0.116. The molecule has 2 amide bonds. The van der Waals surface area contributed by atoms with Crippen molar-refractivity contribution >= 4 is 18.0 Å². The van der Waals surface area contributed by atoms with Crippen LogP contribution in [0, 0.1) is 6.92 Å². The third kappa shape index (κ3) is 5.78. The number of imide groups is 1. The molecule has 0 radical (unpaired) electrons. The highest BCUT2D eigenvalue weighted by molar-refractivity contribution is 6.05. The number of carbonyl (C=O) groups is 2.